The molecule has 1 saturated carbocycles. The quantitative estimate of drug-likeness (QED) is 0.779. The Kier molecular flexibility index (Phi) is 4.26. The molecule has 0 aromatic carbocycles. The van der Waals surface area contributed by atoms with Crippen LogP contribution < -0.4 is 0 Å². The van der Waals surface area contributed by atoms with Crippen LogP contribution in [0.4, 0.5) is 0 Å². The molecule has 0 bridgehead atoms. The van der Waals surface area contributed by atoms with Gasteiger partial charge in [-0.25, -0.2) is 0 Å². The van der Waals surface area contributed by atoms with E-state index in [4.69, 9.17) is 4.74 Å². The molecule has 3 fully saturated rings. The lowest BCUT2D eigenvalue weighted by Crippen LogP contribution is -2.42. The van der Waals surface area contributed by atoms with Gasteiger partial charge in [-0.2, -0.15) is 11.8 Å². The van der Waals surface area contributed by atoms with Gasteiger partial charge in [-0.3, -0.25) is 4.79 Å². The number of ether oxygens (including phenoxy) is 1. The second-order valence-corrected chi connectivity index (χ2v) is 8.23. The molecule has 2 aliphatic heterocycles. The largest absolute Gasteiger partial charge is 0.375 e. The zero-order valence-corrected chi connectivity index (χ0v) is 12.5. The van der Waals surface area contributed by atoms with E-state index < -0.39 is 0 Å². The molecule has 18 heavy (non-hydrogen) atoms. The van der Waals surface area contributed by atoms with Crippen LogP contribution in [-0.2, 0) is 9.53 Å². The standard InChI is InChI=1S/C14H22O2S2/c15-13(12-10-17-7-8-18-12)11-3-6-16-14(9-11)4-1-2-5-14/h11-12H,1-10H2. The first-order valence-electron chi connectivity index (χ1n) is 7.16. The van der Waals surface area contributed by atoms with Crippen molar-refractivity contribution in [3.63, 3.8) is 0 Å². The molecule has 2 saturated heterocycles. The van der Waals surface area contributed by atoms with Crippen LogP contribution in [0.1, 0.15) is 38.5 Å². The van der Waals surface area contributed by atoms with Crippen molar-refractivity contribution < 1.29 is 9.53 Å². The first-order valence-corrected chi connectivity index (χ1v) is 9.36. The third-order valence-corrected chi connectivity index (χ3v) is 7.32. The Hall–Kier alpha value is 0.330. The van der Waals surface area contributed by atoms with Crippen molar-refractivity contribution in [1.82, 2.24) is 0 Å². The number of hydrogen-bond donors (Lipinski definition) is 0. The monoisotopic (exact) mass is 286 g/mol. The fourth-order valence-electron chi connectivity index (χ4n) is 3.55. The van der Waals surface area contributed by atoms with Crippen molar-refractivity contribution in [1.29, 1.82) is 0 Å². The van der Waals surface area contributed by atoms with E-state index in [1.807, 2.05) is 23.5 Å². The van der Waals surface area contributed by atoms with Gasteiger partial charge in [0.2, 0.25) is 0 Å². The van der Waals surface area contributed by atoms with E-state index in [0.29, 0.717) is 5.78 Å². The molecule has 4 heteroatoms. The zero-order chi connectivity index (χ0) is 12.4. The van der Waals surface area contributed by atoms with Crippen LogP contribution in [-0.4, -0.2) is 40.5 Å². The van der Waals surface area contributed by atoms with Crippen LogP contribution in [0.3, 0.4) is 0 Å². The minimum atomic E-state index is 0.0883. The fourth-order valence-corrected chi connectivity index (χ4v) is 6.27. The maximum absolute atomic E-state index is 12.6. The summed E-state index contributed by atoms with van der Waals surface area (Å²) in [6, 6.07) is 0. The molecular weight excluding hydrogens is 264 g/mol. The number of thioether (sulfide) groups is 2. The molecule has 3 rings (SSSR count). The highest BCUT2D eigenvalue weighted by molar-refractivity contribution is 8.07. The average molecular weight is 286 g/mol. The predicted molar refractivity (Wildman–Crippen MR) is 78.5 cm³/mol. The van der Waals surface area contributed by atoms with Crippen LogP contribution >= 0.6 is 23.5 Å². The van der Waals surface area contributed by atoms with Gasteiger partial charge in [0.15, 0.2) is 0 Å². The number of ketones is 1. The molecular formula is C14H22O2S2. The van der Waals surface area contributed by atoms with Crippen LogP contribution in [0.5, 0.6) is 0 Å². The van der Waals surface area contributed by atoms with Gasteiger partial charge in [0, 0.05) is 29.8 Å². The van der Waals surface area contributed by atoms with Crippen molar-refractivity contribution in [2.75, 3.05) is 23.9 Å². The van der Waals surface area contributed by atoms with Crippen molar-refractivity contribution in [2.45, 2.75) is 49.4 Å². The van der Waals surface area contributed by atoms with Gasteiger partial charge in [0.25, 0.3) is 0 Å². The highest BCUT2D eigenvalue weighted by Crippen LogP contribution is 2.43. The third-order valence-electron chi connectivity index (χ3n) is 4.54. The summed E-state index contributed by atoms with van der Waals surface area (Å²) >= 11 is 3.83. The molecule has 0 radical (unpaired) electrons. The summed E-state index contributed by atoms with van der Waals surface area (Å²) in [5.41, 5.74) is 0.0883. The van der Waals surface area contributed by atoms with Crippen LogP contribution in [0, 0.1) is 5.92 Å². The van der Waals surface area contributed by atoms with E-state index in [-0.39, 0.29) is 16.8 Å². The fraction of sp³-hybridized carbons (Fsp3) is 0.929. The first kappa shape index (κ1) is 13.3. The maximum Gasteiger partial charge on any atom is 0.149 e. The SMILES string of the molecule is O=C(C1CCOC2(CCCC2)C1)C1CSCCS1. The lowest BCUT2D eigenvalue weighted by atomic mass is 9.81. The van der Waals surface area contributed by atoms with E-state index in [1.54, 1.807) is 0 Å². The Morgan fingerprint density at radius 3 is 2.78 bits per heavy atom. The molecule has 102 valence electrons. The molecule has 2 heterocycles. The van der Waals surface area contributed by atoms with Gasteiger partial charge >= 0.3 is 0 Å². The summed E-state index contributed by atoms with van der Waals surface area (Å²) in [5, 5.41) is 0.269. The smallest absolute Gasteiger partial charge is 0.149 e. The highest BCUT2D eigenvalue weighted by Gasteiger charge is 2.43. The van der Waals surface area contributed by atoms with Gasteiger partial charge in [0.05, 0.1) is 10.9 Å². The van der Waals surface area contributed by atoms with Gasteiger partial charge in [-0.1, -0.05) is 12.8 Å². The Morgan fingerprint density at radius 2 is 2.06 bits per heavy atom. The summed E-state index contributed by atoms with van der Waals surface area (Å²) in [7, 11) is 0. The zero-order valence-electron chi connectivity index (χ0n) is 10.9. The Labute approximate surface area is 118 Å². The van der Waals surface area contributed by atoms with Gasteiger partial charge in [0.1, 0.15) is 5.78 Å². The minimum absolute atomic E-state index is 0.0883. The molecule has 0 aromatic heterocycles. The lowest BCUT2D eigenvalue weighted by Gasteiger charge is -2.39. The maximum atomic E-state index is 12.6. The number of rotatable bonds is 2. The molecule has 1 aliphatic carbocycles. The first-order chi connectivity index (χ1) is 8.79. The Morgan fingerprint density at radius 1 is 1.22 bits per heavy atom. The van der Waals surface area contributed by atoms with Crippen LogP contribution in [0.2, 0.25) is 0 Å². The average Bonchev–Trinajstić information content (AvgIpc) is 2.87. The predicted octanol–water partition coefficient (Wildman–Crippen LogP) is 3.14. The van der Waals surface area contributed by atoms with Crippen molar-refractivity contribution in [3.05, 3.63) is 0 Å². The Bertz CT molecular complexity index is 307. The van der Waals surface area contributed by atoms with Gasteiger partial charge in [-0.15, -0.1) is 11.8 Å². The second kappa shape index (κ2) is 5.76. The third kappa shape index (κ3) is 2.75. The summed E-state index contributed by atoms with van der Waals surface area (Å²) in [5.74, 6) is 4.21. The molecule has 2 nitrogen and oxygen atoms in total. The topological polar surface area (TPSA) is 26.3 Å². The van der Waals surface area contributed by atoms with Crippen LogP contribution in [0.15, 0.2) is 0 Å². The van der Waals surface area contributed by atoms with Crippen LogP contribution in [0.25, 0.3) is 0 Å². The van der Waals surface area contributed by atoms with Crippen molar-refractivity contribution in [3.8, 4) is 0 Å². The number of hydrogen-bond acceptors (Lipinski definition) is 4. The second-order valence-electron chi connectivity index (χ2n) is 5.77. The normalized spacial score (nSPS) is 35.8. The molecule has 2 unspecified atom stereocenters. The van der Waals surface area contributed by atoms with Crippen molar-refractivity contribution >= 4 is 29.3 Å². The molecule has 0 N–H and O–H groups in total. The highest BCUT2D eigenvalue weighted by atomic mass is 32.2. The number of Topliss-reactive ketones (excluding diaryl/α,β-unsaturated/α-hetero) is 1. The summed E-state index contributed by atoms with van der Waals surface area (Å²) in [6.45, 7) is 0.806. The number of carbonyl (C=O) groups is 1. The molecule has 3 aliphatic rings. The molecule has 2 atom stereocenters. The van der Waals surface area contributed by atoms with E-state index in [9.17, 15) is 4.79 Å². The van der Waals surface area contributed by atoms with Gasteiger partial charge in [-0.05, 0) is 25.7 Å². The molecule has 0 amide bonds. The van der Waals surface area contributed by atoms with E-state index in [2.05, 4.69) is 0 Å². The number of carbonyl (C=O) groups excluding carboxylic acids is 1. The summed E-state index contributed by atoms with van der Waals surface area (Å²) in [6.07, 6.45) is 6.91. The van der Waals surface area contributed by atoms with E-state index >= 15 is 0 Å². The van der Waals surface area contributed by atoms with E-state index in [1.165, 1.54) is 31.4 Å². The molecule has 1 spiro atoms. The van der Waals surface area contributed by atoms with E-state index in [0.717, 1.165) is 31.0 Å². The molecule has 0 aromatic rings. The lowest BCUT2D eigenvalue weighted by molar-refractivity contribution is -0.135. The Balaban J connectivity index is 1.62. The summed E-state index contributed by atoms with van der Waals surface area (Å²) < 4.78 is 6.03. The van der Waals surface area contributed by atoms with Crippen molar-refractivity contribution in [2.24, 2.45) is 5.92 Å². The van der Waals surface area contributed by atoms with Gasteiger partial charge < -0.3 is 4.74 Å². The minimum Gasteiger partial charge on any atom is -0.375 e. The summed E-state index contributed by atoms with van der Waals surface area (Å²) in [4.78, 5) is 12.6.